The SMILES string of the molecule is c1ccc(-c2nc3c(c4ccc5c(c6ccccc6n5-c5ccc6c(c5)c5ccccc5n6-c5ccccc5)c4n3-c3ccccc3)n2-c2ccccc2)cc1. The van der Waals surface area contributed by atoms with E-state index in [0.717, 1.165) is 67.2 Å². The predicted octanol–water partition coefficient (Wildman–Crippen LogP) is 12.8. The standard InChI is InChI=1S/C51H33N5/c1-5-17-34(18-6-1)50-52-51-49(56(50)37-23-11-4-12-24-37)41-30-32-46-47(48(41)55(51)36-21-9-3-10-22-36)40-26-14-16-28-44(40)54(46)38-29-31-45-42(33-38)39-25-13-15-27-43(39)53(45)35-19-7-2-8-20-35/h1-33H. The van der Waals surface area contributed by atoms with Gasteiger partial charge in [-0.05, 0) is 78.9 Å². The van der Waals surface area contributed by atoms with Gasteiger partial charge in [0, 0.05) is 55.2 Å². The number of hydrogen-bond acceptors (Lipinski definition) is 1. The van der Waals surface area contributed by atoms with Gasteiger partial charge in [0.1, 0.15) is 11.3 Å². The van der Waals surface area contributed by atoms with Crippen LogP contribution in [0.1, 0.15) is 0 Å². The molecule has 0 aliphatic carbocycles. The summed E-state index contributed by atoms with van der Waals surface area (Å²) in [4.78, 5) is 5.53. The summed E-state index contributed by atoms with van der Waals surface area (Å²) in [5.41, 5.74) is 13.4. The summed E-state index contributed by atoms with van der Waals surface area (Å²) in [6, 6.07) is 71.6. The van der Waals surface area contributed by atoms with Gasteiger partial charge in [0.25, 0.3) is 0 Å². The molecule has 56 heavy (non-hydrogen) atoms. The third-order valence-corrected chi connectivity index (χ3v) is 11.4. The molecule has 0 atom stereocenters. The number of imidazole rings is 1. The fraction of sp³-hybridized carbons (Fsp3) is 0. The average molecular weight is 716 g/mol. The van der Waals surface area contributed by atoms with Crippen LogP contribution in [-0.2, 0) is 0 Å². The largest absolute Gasteiger partial charge is 0.309 e. The lowest BCUT2D eigenvalue weighted by Gasteiger charge is -2.12. The molecule has 8 aromatic carbocycles. The maximum absolute atomic E-state index is 5.53. The molecule has 0 aliphatic heterocycles. The van der Waals surface area contributed by atoms with E-state index in [4.69, 9.17) is 4.98 Å². The minimum atomic E-state index is 0.916. The maximum Gasteiger partial charge on any atom is 0.165 e. The number of fused-ring (bicyclic) bond motifs is 10. The topological polar surface area (TPSA) is 32.6 Å². The van der Waals surface area contributed by atoms with Crippen molar-refractivity contribution in [2.75, 3.05) is 0 Å². The predicted molar refractivity (Wildman–Crippen MR) is 232 cm³/mol. The Labute approximate surface area is 322 Å². The second-order valence-electron chi connectivity index (χ2n) is 14.4. The van der Waals surface area contributed by atoms with E-state index in [2.05, 4.69) is 218 Å². The number of aromatic nitrogens is 5. The quantitative estimate of drug-likeness (QED) is 0.175. The van der Waals surface area contributed by atoms with Crippen LogP contribution in [0.25, 0.3) is 99.8 Å². The lowest BCUT2D eigenvalue weighted by atomic mass is 10.1. The number of rotatable bonds is 5. The normalized spacial score (nSPS) is 11.9. The van der Waals surface area contributed by atoms with Crippen molar-refractivity contribution < 1.29 is 0 Å². The van der Waals surface area contributed by atoms with Gasteiger partial charge in [-0.2, -0.15) is 0 Å². The van der Waals surface area contributed by atoms with E-state index in [9.17, 15) is 0 Å². The van der Waals surface area contributed by atoms with Gasteiger partial charge in [0.15, 0.2) is 5.65 Å². The van der Waals surface area contributed by atoms with Crippen molar-refractivity contribution in [3.05, 3.63) is 200 Å². The van der Waals surface area contributed by atoms with E-state index in [-0.39, 0.29) is 0 Å². The fourth-order valence-corrected chi connectivity index (χ4v) is 9.05. The summed E-state index contributed by atoms with van der Waals surface area (Å²) >= 11 is 0. The third kappa shape index (κ3) is 4.34. The smallest absolute Gasteiger partial charge is 0.165 e. The van der Waals surface area contributed by atoms with Crippen molar-refractivity contribution in [2.24, 2.45) is 0 Å². The maximum atomic E-state index is 5.53. The van der Waals surface area contributed by atoms with Crippen LogP contribution < -0.4 is 0 Å². The van der Waals surface area contributed by atoms with Gasteiger partial charge in [-0.1, -0.05) is 121 Å². The lowest BCUT2D eigenvalue weighted by Crippen LogP contribution is -1.98. The molecule has 0 spiro atoms. The molecule has 0 amide bonds. The van der Waals surface area contributed by atoms with E-state index in [0.29, 0.717) is 0 Å². The van der Waals surface area contributed by atoms with Crippen molar-refractivity contribution in [1.82, 2.24) is 23.3 Å². The van der Waals surface area contributed by atoms with Gasteiger partial charge in [-0.3, -0.25) is 9.13 Å². The molecule has 4 aromatic heterocycles. The molecule has 5 heteroatoms. The molecule has 0 N–H and O–H groups in total. The Hall–Kier alpha value is -7.63. The summed E-state index contributed by atoms with van der Waals surface area (Å²) in [5.74, 6) is 0.916. The Morgan fingerprint density at radius 3 is 1.48 bits per heavy atom. The van der Waals surface area contributed by atoms with Gasteiger partial charge in [-0.15, -0.1) is 0 Å². The number of nitrogens with zero attached hydrogens (tertiary/aromatic N) is 5. The van der Waals surface area contributed by atoms with Crippen molar-refractivity contribution >= 4 is 65.7 Å². The Morgan fingerprint density at radius 1 is 0.304 bits per heavy atom. The molecular weight excluding hydrogens is 683 g/mol. The van der Waals surface area contributed by atoms with Crippen LogP contribution in [0.3, 0.4) is 0 Å². The Morgan fingerprint density at radius 2 is 0.804 bits per heavy atom. The molecule has 0 aliphatic rings. The van der Waals surface area contributed by atoms with Gasteiger partial charge >= 0.3 is 0 Å². The molecular formula is C51H33N5. The molecule has 0 bridgehead atoms. The third-order valence-electron chi connectivity index (χ3n) is 11.4. The Balaban J connectivity index is 1.21. The van der Waals surface area contributed by atoms with Crippen LogP contribution in [0, 0.1) is 0 Å². The van der Waals surface area contributed by atoms with Crippen LogP contribution in [0.4, 0.5) is 0 Å². The van der Waals surface area contributed by atoms with E-state index in [1.165, 1.54) is 32.6 Å². The Bertz CT molecular complexity index is 3440. The molecule has 0 radical (unpaired) electrons. The zero-order valence-corrected chi connectivity index (χ0v) is 30.3. The first-order valence-corrected chi connectivity index (χ1v) is 19.1. The summed E-state index contributed by atoms with van der Waals surface area (Å²) in [5, 5.41) is 6.01. The molecule has 262 valence electrons. The molecule has 0 fully saturated rings. The highest BCUT2D eigenvalue weighted by Crippen LogP contribution is 2.44. The highest BCUT2D eigenvalue weighted by atomic mass is 15.2. The second-order valence-corrected chi connectivity index (χ2v) is 14.4. The minimum absolute atomic E-state index is 0.916. The van der Waals surface area contributed by atoms with Crippen molar-refractivity contribution in [1.29, 1.82) is 0 Å². The first-order chi connectivity index (χ1) is 27.8. The molecule has 4 heterocycles. The van der Waals surface area contributed by atoms with Crippen LogP contribution in [0.2, 0.25) is 0 Å². The van der Waals surface area contributed by atoms with Crippen LogP contribution in [-0.4, -0.2) is 23.3 Å². The van der Waals surface area contributed by atoms with Gasteiger partial charge in [-0.25, -0.2) is 4.98 Å². The van der Waals surface area contributed by atoms with Crippen LogP contribution in [0.5, 0.6) is 0 Å². The number of hydrogen-bond donors (Lipinski definition) is 0. The summed E-state index contributed by atoms with van der Waals surface area (Å²) in [6.07, 6.45) is 0. The monoisotopic (exact) mass is 715 g/mol. The zero-order chi connectivity index (χ0) is 36.7. The van der Waals surface area contributed by atoms with Gasteiger partial charge < -0.3 is 9.13 Å². The number of benzene rings is 8. The first-order valence-electron chi connectivity index (χ1n) is 19.1. The zero-order valence-electron chi connectivity index (χ0n) is 30.3. The van der Waals surface area contributed by atoms with E-state index in [1.54, 1.807) is 0 Å². The van der Waals surface area contributed by atoms with Crippen molar-refractivity contribution in [2.45, 2.75) is 0 Å². The van der Waals surface area contributed by atoms with Crippen molar-refractivity contribution in [3.8, 4) is 34.1 Å². The highest BCUT2D eigenvalue weighted by Gasteiger charge is 2.26. The molecule has 0 saturated heterocycles. The lowest BCUT2D eigenvalue weighted by molar-refractivity contribution is 1.10. The van der Waals surface area contributed by atoms with E-state index < -0.39 is 0 Å². The summed E-state index contributed by atoms with van der Waals surface area (Å²) < 4.78 is 9.54. The molecule has 12 aromatic rings. The Kier molecular flexibility index (Phi) is 6.56. The molecule has 12 rings (SSSR count). The number of para-hydroxylation sites is 5. The van der Waals surface area contributed by atoms with E-state index in [1.807, 2.05) is 0 Å². The van der Waals surface area contributed by atoms with E-state index >= 15 is 0 Å². The molecule has 5 nitrogen and oxygen atoms in total. The summed E-state index contributed by atoms with van der Waals surface area (Å²) in [6.45, 7) is 0. The van der Waals surface area contributed by atoms with Gasteiger partial charge in [0.05, 0.1) is 27.6 Å². The van der Waals surface area contributed by atoms with Crippen LogP contribution >= 0.6 is 0 Å². The molecule has 0 saturated carbocycles. The van der Waals surface area contributed by atoms with Gasteiger partial charge in [0.2, 0.25) is 0 Å². The summed E-state index contributed by atoms with van der Waals surface area (Å²) in [7, 11) is 0. The van der Waals surface area contributed by atoms with Crippen molar-refractivity contribution in [3.63, 3.8) is 0 Å². The second kappa shape index (κ2) is 11.9. The fourth-order valence-electron chi connectivity index (χ4n) is 9.05. The average Bonchev–Trinajstić information content (AvgIpc) is 4.00. The minimum Gasteiger partial charge on any atom is -0.309 e. The highest BCUT2D eigenvalue weighted by molar-refractivity contribution is 6.26. The molecule has 0 unspecified atom stereocenters. The first kappa shape index (κ1) is 30.8. The van der Waals surface area contributed by atoms with Crippen LogP contribution in [0.15, 0.2) is 200 Å².